The molecule has 1 aliphatic heterocycles. The van der Waals surface area contributed by atoms with Crippen molar-refractivity contribution in [3.05, 3.63) is 28.8 Å². The number of rotatable bonds is 6. The zero-order valence-corrected chi connectivity index (χ0v) is 18.0. The molecule has 0 aromatic heterocycles. The maximum absolute atomic E-state index is 12.5. The summed E-state index contributed by atoms with van der Waals surface area (Å²) in [6.07, 6.45) is 3.20. The standard InChI is InChI=1S/C21H29ClN2O4/c1-14(2)21(26)24-10-8-23(9-11-24)19(25)7-6-16-12-17(22)20(28-15(3)4)18(13-16)27-5/h6-7,12-15H,8-11H2,1-5H3/b7-6+. The lowest BCUT2D eigenvalue weighted by molar-refractivity contribution is -0.139. The third-order valence-corrected chi connectivity index (χ3v) is 4.70. The average molecular weight is 409 g/mol. The highest BCUT2D eigenvalue weighted by molar-refractivity contribution is 6.32. The van der Waals surface area contributed by atoms with Gasteiger partial charge in [-0.05, 0) is 37.6 Å². The van der Waals surface area contributed by atoms with Crippen LogP contribution in [0.15, 0.2) is 18.2 Å². The van der Waals surface area contributed by atoms with E-state index in [0.29, 0.717) is 42.7 Å². The van der Waals surface area contributed by atoms with Gasteiger partial charge in [0.15, 0.2) is 11.5 Å². The number of amides is 2. The molecule has 0 spiro atoms. The van der Waals surface area contributed by atoms with Crippen molar-refractivity contribution in [2.24, 2.45) is 5.92 Å². The SMILES string of the molecule is COc1cc(/C=C/C(=O)N2CCN(C(=O)C(C)C)CC2)cc(Cl)c1OC(C)C. The van der Waals surface area contributed by atoms with Crippen LogP contribution < -0.4 is 9.47 Å². The van der Waals surface area contributed by atoms with Crippen LogP contribution in [0.3, 0.4) is 0 Å². The van der Waals surface area contributed by atoms with Crippen LogP contribution in [-0.4, -0.2) is 61.0 Å². The summed E-state index contributed by atoms with van der Waals surface area (Å²) >= 11 is 6.32. The van der Waals surface area contributed by atoms with Gasteiger partial charge in [0.25, 0.3) is 0 Å². The highest BCUT2D eigenvalue weighted by Gasteiger charge is 2.24. The number of carbonyl (C=O) groups is 2. The van der Waals surface area contributed by atoms with Gasteiger partial charge in [-0.25, -0.2) is 0 Å². The largest absolute Gasteiger partial charge is 0.493 e. The van der Waals surface area contributed by atoms with Gasteiger partial charge in [0.1, 0.15) is 0 Å². The van der Waals surface area contributed by atoms with Gasteiger partial charge in [0, 0.05) is 38.2 Å². The lowest BCUT2D eigenvalue weighted by Crippen LogP contribution is -2.51. The van der Waals surface area contributed by atoms with Gasteiger partial charge >= 0.3 is 0 Å². The van der Waals surface area contributed by atoms with Crippen LogP contribution in [0.5, 0.6) is 11.5 Å². The Hall–Kier alpha value is -2.21. The molecular weight excluding hydrogens is 380 g/mol. The summed E-state index contributed by atoms with van der Waals surface area (Å²) in [6.45, 7) is 9.81. The fourth-order valence-electron chi connectivity index (χ4n) is 2.97. The molecule has 0 radical (unpaired) electrons. The normalized spacial score (nSPS) is 14.9. The minimum atomic E-state index is -0.0887. The average Bonchev–Trinajstić information content (AvgIpc) is 2.66. The molecule has 1 aromatic rings. The smallest absolute Gasteiger partial charge is 0.246 e. The van der Waals surface area contributed by atoms with Crippen molar-refractivity contribution in [1.82, 2.24) is 9.80 Å². The molecule has 1 fully saturated rings. The van der Waals surface area contributed by atoms with Crippen LogP contribution in [0.1, 0.15) is 33.3 Å². The monoisotopic (exact) mass is 408 g/mol. The summed E-state index contributed by atoms with van der Waals surface area (Å²) in [5.41, 5.74) is 0.750. The number of hydrogen-bond acceptors (Lipinski definition) is 4. The predicted molar refractivity (Wildman–Crippen MR) is 111 cm³/mol. The summed E-state index contributed by atoms with van der Waals surface area (Å²) in [6, 6.07) is 3.53. The number of piperazine rings is 1. The molecule has 1 aromatic carbocycles. The molecule has 0 atom stereocenters. The van der Waals surface area contributed by atoms with Crippen molar-refractivity contribution >= 4 is 29.5 Å². The van der Waals surface area contributed by atoms with E-state index in [9.17, 15) is 9.59 Å². The molecule has 0 saturated carbocycles. The number of carbonyl (C=O) groups excluding carboxylic acids is 2. The molecule has 0 N–H and O–H groups in total. The summed E-state index contributed by atoms with van der Waals surface area (Å²) in [5.74, 6) is 1.04. The van der Waals surface area contributed by atoms with Crippen molar-refractivity contribution in [3.8, 4) is 11.5 Å². The molecule has 28 heavy (non-hydrogen) atoms. The minimum absolute atomic E-state index is 0.0236. The first-order chi connectivity index (χ1) is 13.2. The molecule has 7 heteroatoms. The maximum Gasteiger partial charge on any atom is 0.246 e. The van der Waals surface area contributed by atoms with Crippen molar-refractivity contribution in [2.45, 2.75) is 33.8 Å². The first-order valence-electron chi connectivity index (χ1n) is 9.53. The van der Waals surface area contributed by atoms with Crippen molar-refractivity contribution < 1.29 is 19.1 Å². The van der Waals surface area contributed by atoms with Gasteiger partial charge in [-0.3, -0.25) is 9.59 Å². The molecule has 0 aliphatic carbocycles. The Balaban J connectivity index is 2.03. The molecule has 6 nitrogen and oxygen atoms in total. The van der Waals surface area contributed by atoms with Gasteiger partial charge in [0.05, 0.1) is 18.2 Å². The first-order valence-corrected chi connectivity index (χ1v) is 9.90. The summed E-state index contributed by atoms with van der Waals surface area (Å²) in [7, 11) is 1.55. The number of ether oxygens (including phenoxy) is 2. The number of nitrogens with zero attached hydrogens (tertiary/aromatic N) is 2. The van der Waals surface area contributed by atoms with E-state index in [2.05, 4.69) is 0 Å². The van der Waals surface area contributed by atoms with E-state index in [-0.39, 0.29) is 23.8 Å². The Morgan fingerprint density at radius 2 is 1.68 bits per heavy atom. The van der Waals surface area contributed by atoms with Crippen LogP contribution >= 0.6 is 11.6 Å². The Morgan fingerprint density at radius 1 is 1.07 bits per heavy atom. The van der Waals surface area contributed by atoms with Crippen molar-refractivity contribution in [1.29, 1.82) is 0 Å². The van der Waals surface area contributed by atoms with Gasteiger partial charge in [-0.2, -0.15) is 0 Å². The Morgan fingerprint density at radius 3 is 2.21 bits per heavy atom. The molecule has 2 rings (SSSR count). The quantitative estimate of drug-likeness (QED) is 0.676. The van der Waals surface area contributed by atoms with Crippen LogP contribution in [-0.2, 0) is 9.59 Å². The third-order valence-electron chi connectivity index (χ3n) is 4.42. The van der Waals surface area contributed by atoms with Crippen molar-refractivity contribution in [3.63, 3.8) is 0 Å². The van der Waals surface area contributed by atoms with E-state index in [0.717, 1.165) is 5.56 Å². The minimum Gasteiger partial charge on any atom is -0.493 e. The van der Waals surface area contributed by atoms with Crippen LogP contribution in [0, 0.1) is 5.92 Å². The van der Waals surface area contributed by atoms with Gasteiger partial charge in [-0.15, -0.1) is 0 Å². The zero-order chi connectivity index (χ0) is 20.8. The van der Waals surface area contributed by atoms with Crippen LogP contribution in [0.2, 0.25) is 5.02 Å². The van der Waals surface area contributed by atoms with Crippen LogP contribution in [0.4, 0.5) is 0 Å². The number of halogens is 1. The third kappa shape index (κ3) is 5.64. The van der Waals surface area contributed by atoms with E-state index in [1.54, 1.807) is 30.2 Å². The second-order valence-corrected chi connectivity index (χ2v) is 7.75. The molecule has 2 amide bonds. The first kappa shape index (κ1) is 22.1. The Kier molecular flexibility index (Phi) is 7.75. The number of benzene rings is 1. The van der Waals surface area contributed by atoms with Gasteiger partial charge in [-0.1, -0.05) is 25.4 Å². The van der Waals surface area contributed by atoms with Gasteiger partial charge in [0.2, 0.25) is 11.8 Å². The molecular formula is C21H29ClN2O4. The summed E-state index contributed by atoms with van der Waals surface area (Å²) in [4.78, 5) is 28.1. The Labute approximate surface area is 172 Å². The lowest BCUT2D eigenvalue weighted by atomic mass is 10.1. The molecule has 0 unspecified atom stereocenters. The number of hydrogen-bond donors (Lipinski definition) is 0. The molecule has 0 bridgehead atoms. The summed E-state index contributed by atoms with van der Waals surface area (Å²) in [5, 5.41) is 0.431. The molecule has 1 saturated heterocycles. The second-order valence-electron chi connectivity index (χ2n) is 7.34. The highest BCUT2D eigenvalue weighted by atomic mass is 35.5. The molecule has 1 aliphatic rings. The number of methoxy groups -OCH3 is 1. The van der Waals surface area contributed by atoms with E-state index >= 15 is 0 Å². The maximum atomic E-state index is 12.5. The van der Waals surface area contributed by atoms with Crippen LogP contribution in [0.25, 0.3) is 6.08 Å². The Bertz CT molecular complexity index is 738. The summed E-state index contributed by atoms with van der Waals surface area (Å²) < 4.78 is 11.1. The van der Waals surface area contributed by atoms with E-state index in [1.165, 1.54) is 6.08 Å². The zero-order valence-electron chi connectivity index (χ0n) is 17.2. The molecule has 1 heterocycles. The molecule has 154 valence electrons. The topological polar surface area (TPSA) is 59.1 Å². The van der Waals surface area contributed by atoms with E-state index in [1.807, 2.05) is 32.6 Å². The fourth-order valence-corrected chi connectivity index (χ4v) is 3.24. The van der Waals surface area contributed by atoms with Gasteiger partial charge < -0.3 is 19.3 Å². The second kappa shape index (κ2) is 9.82. The van der Waals surface area contributed by atoms with E-state index in [4.69, 9.17) is 21.1 Å². The lowest BCUT2D eigenvalue weighted by Gasteiger charge is -2.35. The highest BCUT2D eigenvalue weighted by Crippen LogP contribution is 2.37. The predicted octanol–water partition coefficient (Wildman–Crippen LogP) is 3.48. The fraction of sp³-hybridized carbons (Fsp3) is 0.524. The van der Waals surface area contributed by atoms with E-state index < -0.39 is 0 Å². The van der Waals surface area contributed by atoms with Crippen molar-refractivity contribution in [2.75, 3.05) is 33.3 Å².